The van der Waals surface area contributed by atoms with Crippen LogP contribution in [0.3, 0.4) is 0 Å². The fourth-order valence-corrected chi connectivity index (χ4v) is 2.45. The molecule has 1 aromatic heterocycles. The van der Waals surface area contributed by atoms with Crippen LogP contribution in [0.15, 0.2) is 5.38 Å². The van der Waals surface area contributed by atoms with Crippen molar-refractivity contribution in [3.63, 3.8) is 0 Å². The van der Waals surface area contributed by atoms with E-state index in [0.717, 1.165) is 11.4 Å². The molecule has 118 valence electrons. The van der Waals surface area contributed by atoms with Crippen LogP contribution in [-0.2, 0) is 11.3 Å². The van der Waals surface area contributed by atoms with E-state index >= 15 is 0 Å². The summed E-state index contributed by atoms with van der Waals surface area (Å²) >= 11 is 1.36. The first-order valence-electron chi connectivity index (χ1n) is 7.03. The highest BCUT2D eigenvalue weighted by Gasteiger charge is 2.17. The SMILES string of the molecule is CCNC(=O)N(CCC(C)C)Cc1nc(C(=O)OC)cs1. The number of thiazole rings is 1. The van der Waals surface area contributed by atoms with Crippen LogP contribution in [0.25, 0.3) is 0 Å². The maximum Gasteiger partial charge on any atom is 0.357 e. The molecule has 1 heterocycles. The van der Waals surface area contributed by atoms with Crippen molar-refractivity contribution < 1.29 is 14.3 Å². The van der Waals surface area contributed by atoms with Gasteiger partial charge in [-0.3, -0.25) is 0 Å². The molecule has 0 saturated carbocycles. The van der Waals surface area contributed by atoms with Gasteiger partial charge in [-0.05, 0) is 19.3 Å². The van der Waals surface area contributed by atoms with Gasteiger partial charge in [-0.25, -0.2) is 14.6 Å². The molecular weight excluding hydrogens is 290 g/mol. The van der Waals surface area contributed by atoms with E-state index in [4.69, 9.17) is 0 Å². The fourth-order valence-electron chi connectivity index (χ4n) is 1.67. The first-order valence-corrected chi connectivity index (χ1v) is 7.91. The van der Waals surface area contributed by atoms with Gasteiger partial charge in [0.25, 0.3) is 0 Å². The van der Waals surface area contributed by atoms with Crippen molar-refractivity contribution in [1.29, 1.82) is 0 Å². The third kappa shape index (κ3) is 5.71. The molecule has 7 heteroatoms. The second-order valence-electron chi connectivity index (χ2n) is 5.06. The number of carbonyl (C=O) groups excluding carboxylic acids is 2. The maximum absolute atomic E-state index is 12.1. The maximum atomic E-state index is 12.1. The van der Waals surface area contributed by atoms with E-state index in [2.05, 4.69) is 28.9 Å². The second-order valence-corrected chi connectivity index (χ2v) is 6.00. The van der Waals surface area contributed by atoms with Gasteiger partial charge in [0.1, 0.15) is 5.01 Å². The van der Waals surface area contributed by atoms with Gasteiger partial charge in [0.05, 0.1) is 13.7 Å². The Morgan fingerprint density at radius 2 is 2.19 bits per heavy atom. The number of rotatable bonds is 7. The summed E-state index contributed by atoms with van der Waals surface area (Å²) < 4.78 is 4.63. The minimum Gasteiger partial charge on any atom is -0.464 e. The molecule has 0 bridgehead atoms. The average Bonchev–Trinajstić information content (AvgIpc) is 2.91. The van der Waals surface area contributed by atoms with Gasteiger partial charge >= 0.3 is 12.0 Å². The van der Waals surface area contributed by atoms with Gasteiger partial charge in [-0.1, -0.05) is 13.8 Å². The fraction of sp³-hybridized carbons (Fsp3) is 0.643. The molecule has 0 aromatic carbocycles. The Morgan fingerprint density at radius 1 is 1.48 bits per heavy atom. The molecule has 0 saturated heterocycles. The van der Waals surface area contributed by atoms with Crippen molar-refractivity contribution in [3.05, 3.63) is 16.1 Å². The van der Waals surface area contributed by atoms with Crippen LogP contribution in [0.1, 0.15) is 42.7 Å². The Balaban J connectivity index is 2.72. The smallest absolute Gasteiger partial charge is 0.357 e. The molecule has 1 aromatic rings. The molecule has 0 aliphatic rings. The van der Waals surface area contributed by atoms with Gasteiger partial charge in [0.2, 0.25) is 0 Å². The van der Waals surface area contributed by atoms with Crippen molar-refractivity contribution in [3.8, 4) is 0 Å². The number of ether oxygens (including phenoxy) is 1. The highest BCUT2D eigenvalue weighted by molar-refractivity contribution is 7.09. The zero-order valence-corrected chi connectivity index (χ0v) is 13.8. The zero-order chi connectivity index (χ0) is 15.8. The third-order valence-corrected chi connectivity index (χ3v) is 3.70. The van der Waals surface area contributed by atoms with Crippen molar-refractivity contribution in [2.45, 2.75) is 33.7 Å². The van der Waals surface area contributed by atoms with Crippen LogP contribution in [0.5, 0.6) is 0 Å². The largest absolute Gasteiger partial charge is 0.464 e. The number of amides is 2. The van der Waals surface area contributed by atoms with Gasteiger partial charge in [-0.15, -0.1) is 11.3 Å². The summed E-state index contributed by atoms with van der Waals surface area (Å²) in [5, 5.41) is 5.18. The standard InChI is InChI=1S/C14H23N3O3S/c1-5-15-14(19)17(7-6-10(2)3)8-12-16-11(9-21-12)13(18)20-4/h9-10H,5-8H2,1-4H3,(H,15,19). The third-order valence-electron chi connectivity index (χ3n) is 2.86. The Morgan fingerprint density at radius 3 is 2.76 bits per heavy atom. The van der Waals surface area contributed by atoms with Crippen molar-refractivity contribution >= 4 is 23.3 Å². The summed E-state index contributed by atoms with van der Waals surface area (Å²) in [5.74, 6) is 0.0630. The molecule has 1 N–H and O–H groups in total. The average molecular weight is 313 g/mol. The second kappa shape index (κ2) is 8.61. The van der Waals surface area contributed by atoms with E-state index in [1.54, 1.807) is 10.3 Å². The lowest BCUT2D eigenvalue weighted by Gasteiger charge is -2.22. The molecule has 0 spiro atoms. The lowest BCUT2D eigenvalue weighted by atomic mass is 10.1. The summed E-state index contributed by atoms with van der Waals surface area (Å²) in [6.07, 6.45) is 0.923. The number of aromatic nitrogens is 1. The van der Waals surface area contributed by atoms with E-state index in [-0.39, 0.29) is 11.7 Å². The van der Waals surface area contributed by atoms with Crippen LogP contribution in [0, 0.1) is 5.92 Å². The predicted octanol–water partition coefficient (Wildman–Crippen LogP) is 2.51. The summed E-state index contributed by atoms with van der Waals surface area (Å²) in [5.41, 5.74) is 0.289. The number of hydrogen-bond acceptors (Lipinski definition) is 5. The molecule has 0 radical (unpaired) electrons. The lowest BCUT2D eigenvalue weighted by molar-refractivity contribution is 0.0594. The number of hydrogen-bond donors (Lipinski definition) is 1. The predicted molar refractivity (Wildman–Crippen MR) is 82.4 cm³/mol. The molecule has 0 atom stereocenters. The van der Waals surface area contributed by atoms with Crippen molar-refractivity contribution in [1.82, 2.24) is 15.2 Å². The molecule has 0 aliphatic heterocycles. The topological polar surface area (TPSA) is 71.5 Å². The molecule has 21 heavy (non-hydrogen) atoms. The van der Waals surface area contributed by atoms with E-state index < -0.39 is 5.97 Å². The van der Waals surface area contributed by atoms with E-state index in [1.807, 2.05) is 6.92 Å². The molecule has 1 rings (SSSR count). The van der Waals surface area contributed by atoms with Crippen LogP contribution < -0.4 is 5.32 Å². The highest BCUT2D eigenvalue weighted by atomic mass is 32.1. The number of urea groups is 1. The van der Waals surface area contributed by atoms with Gasteiger partial charge < -0.3 is 15.0 Å². The lowest BCUT2D eigenvalue weighted by Crippen LogP contribution is -2.40. The number of nitrogens with one attached hydrogen (secondary N) is 1. The summed E-state index contributed by atoms with van der Waals surface area (Å²) in [6.45, 7) is 7.78. The van der Waals surface area contributed by atoms with E-state index in [1.165, 1.54) is 18.4 Å². The van der Waals surface area contributed by atoms with E-state index in [9.17, 15) is 9.59 Å². The first kappa shape index (κ1) is 17.4. The van der Waals surface area contributed by atoms with Gasteiger partial charge in [0.15, 0.2) is 5.69 Å². The number of esters is 1. The Bertz CT molecular complexity index is 474. The van der Waals surface area contributed by atoms with Crippen LogP contribution in [0.4, 0.5) is 4.79 Å². The monoisotopic (exact) mass is 313 g/mol. The quantitative estimate of drug-likeness (QED) is 0.785. The molecule has 0 fully saturated rings. The van der Waals surface area contributed by atoms with Crippen molar-refractivity contribution in [2.75, 3.05) is 20.2 Å². The van der Waals surface area contributed by atoms with Gasteiger partial charge in [0, 0.05) is 18.5 Å². The summed E-state index contributed by atoms with van der Waals surface area (Å²) in [7, 11) is 1.32. The van der Waals surface area contributed by atoms with E-state index in [0.29, 0.717) is 25.6 Å². The summed E-state index contributed by atoms with van der Waals surface area (Å²) in [4.78, 5) is 29.4. The number of nitrogens with zero attached hydrogens (tertiary/aromatic N) is 2. The Labute approximate surface area is 129 Å². The zero-order valence-electron chi connectivity index (χ0n) is 13.0. The molecule has 6 nitrogen and oxygen atoms in total. The summed E-state index contributed by atoms with van der Waals surface area (Å²) in [6, 6.07) is -0.104. The normalized spacial score (nSPS) is 10.5. The van der Waals surface area contributed by atoms with Crippen LogP contribution in [-0.4, -0.2) is 42.1 Å². The Hall–Kier alpha value is -1.63. The van der Waals surface area contributed by atoms with Crippen LogP contribution in [0.2, 0.25) is 0 Å². The minimum absolute atomic E-state index is 0.104. The number of methoxy groups -OCH3 is 1. The van der Waals surface area contributed by atoms with Crippen molar-refractivity contribution in [2.24, 2.45) is 5.92 Å². The highest BCUT2D eigenvalue weighted by Crippen LogP contribution is 2.14. The number of carbonyl (C=O) groups is 2. The molecule has 2 amide bonds. The Kier molecular flexibility index (Phi) is 7.14. The minimum atomic E-state index is -0.454. The van der Waals surface area contributed by atoms with Crippen LogP contribution >= 0.6 is 11.3 Å². The molecule has 0 unspecified atom stereocenters. The molecular formula is C14H23N3O3S. The van der Waals surface area contributed by atoms with Gasteiger partial charge in [-0.2, -0.15) is 0 Å². The first-order chi connectivity index (χ1) is 9.97. The molecule has 0 aliphatic carbocycles.